The number of aliphatic hydroxyl groups excluding tert-OH is 2. The lowest BCUT2D eigenvalue weighted by Crippen LogP contribution is -2.41. The van der Waals surface area contributed by atoms with Crippen molar-refractivity contribution in [2.45, 2.75) is 51.7 Å². The number of likely N-dealkylation sites (N-methyl/N-ethyl adjacent to an activating group) is 1. The molecule has 0 bridgehead atoms. The van der Waals surface area contributed by atoms with Crippen molar-refractivity contribution in [1.82, 2.24) is 4.90 Å². The number of rotatable bonds is 7. The van der Waals surface area contributed by atoms with Gasteiger partial charge in [-0.05, 0) is 69.7 Å². The molecule has 0 amide bonds. The van der Waals surface area contributed by atoms with Crippen LogP contribution in [0.25, 0.3) is 0 Å². The third-order valence-corrected chi connectivity index (χ3v) is 4.97. The molecule has 0 aliphatic heterocycles. The highest BCUT2D eigenvalue weighted by Crippen LogP contribution is 2.26. The molecule has 2 rings (SSSR count). The lowest BCUT2D eigenvalue weighted by molar-refractivity contribution is 0.0486. The summed E-state index contributed by atoms with van der Waals surface area (Å²) in [6.45, 7) is 5.31. The smallest absolute Gasteiger partial charge is 0.122 e. The van der Waals surface area contributed by atoms with Crippen molar-refractivity contribution in [2.75, 3.05) is 26.8 Å². The summed E-state index contributed by atoms with van der Waals surface area (Å²) in [6, 6.07) is 6.63. The Kier molecular flexibility index (Phi) is 6.88. The van der Waals surface area contributed by atoms with E-state index in [9.17, 15) is 10.2 Å². The fourth-order valence-corrected chi connectivity index (χ4v) is 3.35. The lowest BCUT2D eigenvalue weighted by Gasteiger charge is -2.35. The Morgan fingerprint density at radius 3 is 2.57 bits per heavy atom. The van der Waals surface area contributed by atoms with Crippen LogP contribution in [-0.2, 0) is 0 Å². The third-order valence-electron chi connectivity index (χ3n) is 4.97. The predicted molar refractivity (Wildman–Crippen MR) is 92.9 cm³/mol. The van der Waals surface area contributed by atoms with Crippen molar-refractivity contribution in [1.29, 1.82) is 0 Å². The molecule has 1 atom stereocenters. The van der Waals surface area contributed by atoms with E-state index in [0.29, 0.717) is 31.7 Å². The van der Waals surface area contributed by atoms with E-state index in [4.69, 9.17) is 4.74 Å². The summed E-state index contributed by atoms with van der Waals surface area (Å²) in [5.41, 5.74) is 2.26. The molecule has 1 fully saturated rings. The highest BCUT2D eigenvalue weighted by Gasteiger charge is 2.24. The van der Waals surface area contributed by atoms with Crippen LogP contribution in [0.3, 0.4) is 0 Å². The van der Waals surface area contributed by atoms with Crippen LogP contribution in [0.4, 0.5) is 0 Å². The summed E-state index contributed by atoms with van der Waals surface area (Å²) in [5, 5.41) is 19.5. The average Bonchev–Trinajstić information content (AvgIpc) is 2.55. The summed E-state index contributed by atoms with van der Waals surface area (Å²) < 4.78 is 5.79. The molecule has 2 N–H and O–H groups in total. The Morgan fingerprint density at radius 2 is 1.91 bits per heavy atom. The largest absolute Gasteiger partial charge is 0.491 e. The van der Waals surface area contributed by atoms with E-state index in [1.54, 1.807) is 0 Å². The number of aryl methyl sites for hydroxylation is 2. The van der Waals surface area contributed by atoms with E-state index in [1.165, 1.54) is 0 Å². The van der Waals surface area contributed by atoms with Gasteiger partial charge in [-0.2, -0.15) is 0 Å². The Morgan fingerprint density at radius 1 is 1.22 bits per heavy atom. The van der Waals surface area contributed by atoms with Crippen LogP contribution in [0.15, 0.2) is 18.2 Å². The van der Waals surface area contributed by atoms with Crippen molar-refractivity contribution in [3.05, 3.63) is 29.3 Å². The van der Waals surface area contributed by atoms with Crippen LogP contribution in [0, 0.1) is 19.8 Å². The Bertz CT molecular complexity index is 484. The van der Waals surface area contributed by atoms with Gasteiger partial charge in [-0.1, -0.05) is 12.1 Å². The first-order valence-corrected chi connectivity index (χ1v) is 8.68. The number of nitrogens with zero attached hydrogens (tertiary/aromatic N) is 1. The molecule has 4 heteroatoms. The van der Waals surface area contributed by atoms with Gasteiger partial charge >= 0.3 is 0 Å². The number of benzene rings is 1. The molecule has 4 nitrogen and oxygen atoms in total. The van der Waals surface area contributed by atoms with Gasteiger partial charge in [0.1, 0.15) is 18.5 Å². The van der Waals surface area contributed by atoms with Crippen LogP contribution in [0.2, 0.25) is 0 Å². The highest BCUT2D eigenvalue weighted by atomic mass is 16.5. The van der Waals surface area contributed by atoms with Gasteiger partial charge in [0.25, 0.3) is 0 Å². The summed E-state index contributed by atoms with van der Waals surface area (Å²) in [7, 11) is 2.07. The number of ether oxygens (including phenoxy) is 1. The maximum atomic E-state index is 10.3. The minimum absolute atomic E-state index is 0.308. The van der Waals surface area contributed by atoms with Crippen molar-refractivity contribution in [3.63, 3.8) is 0 Å². The minimum atomic E-state index is -0.490. The van der Waals surface area contributed by atoms with Crippen LogP contribution in [0.1, 0.15) is 36.8 Å². The fourth-order valence-electron chi connectivity index (χ4n) is 3.35. The van der Waals surface area contributed by atoms with E-state index in [0.717, 1.165) is 42.6 Å². The predicted octanol–water partition coefficient (Wildman–Crippen LogP) is 2.53. The Labute approximate surface area is 140 Å². The summed E-state index contributed by atoms with van der Waals surface area (Å²) >= 11 is 0. The molecule has 0 saturated heterocycles. The van der Waals surface area contributed by atoms with Crippen molar-refractivity contribution in [3.8, 4) is 5.75 Å². The third kappa shape index (κ3) is 5.48. The van der Waals surface area contributed by atoms with Crippen molar-refractivity contribution >= 4 is 0 Å². The molecule has 0 radical (unpaired) electrons. The van der Waals surface area contributed by atoms with E-state index in [-0.39, 0.29) is 0 Å². The zero-order valence-corrected chi connectivity index (χ0v) is 14.7. The monoisotopic (exact) mass is 321 g/mol. The molecule has 1 aromatic carbocycles. The number of hydrogen-bond donors (Lipinski definition) is 2. The fraction of sp³-hybridized carbons (Fsp3) is 0.684. The molecule has 0 heterocycles. The molecule has 0 aromatic heterocycles. The first-order chi connectivity index (χ1) is 11.0. The van der Waals surface area contributed by atoms with Crippen LogP contribution in [0.5, 0.6) is 5.75 Å². The number of aliphatic hydroxyl groups is 2. The Balaban J connectivity index is 1.76. The normalized spacial score (nSPS) is 23.0. The van der Waals surface area contributed by atoms with Gasteiger partial charge in [-0.3, -0.25) is 0 Å². The first kappa shape index (κ1) is 18.2. The van der Waals surface area contributed by atoms with Gasteiger partial charge in [0.15, 0.2) is 0 Å². The average molecular weight is 321 g/mol. The van der Waals surface area contributed by atoms with Gasteiger partial charge in [-0.15, -0.1) is 0 Å². The molecule has 23 heavy (non-hydrogen) atoms. The molecule has 1 unspecified atom stereocenters. The van der Waals surface area contributed by atoms with E-state index < -0.39 is 6.10 Å². The molecule has 1 aliphatic rings. The van der Waals surface area contributed by atoms with Gasteiger partial charge in [0.05, 0.1) is 0 Å². The van der Waals surface area contributed by atoms with Crippen molar-refractivity contribution < 1.29 is 14.9 Å². The molecule has 130 valence electrons. The summed E-state index contributed by atoms with van der Waals surface area (Å²) in [6.07, 6.45) is 3.88. The SMILES string of the molecule is Cc1ccc(C)c(OCC(O)CN(C)C2CCC(CO)CC2)c1. The van der Waals surface area contributed by atoms with E-state index in [1.807, 2.05) is 26.0 Å². The molecule has 1 aliphatic carbocycles. The van der Waals surface area contributed by atoms with E-state index in [2.05, 4.69) is 18.0 Å². The highest BCUT2D eigenvalue weighted by molar-refractivity contribution is 5.35. The van der Waals surface area contributed by atoms with Gasteiger partial charge in [0, 0.05) is 19.2 Å². The molecule has 1 saturated carbocycles. The van der Waals surface area contributed by atoms with Crippen LogP contribution >= 0.6 is 0 Å². The maximum absolute atomic E-state index is 10.3. The maximum Gasteiger partial charge on any atom is 0.122 e. The topological polar surface area (TPSA) is 52.9 Å². The number of hydrogen-bond acceptors (Lipinski definition) is 4. The van der Waals surface area contributed by atoms with Crippen molar-refractivity contribution in [2.24, 2.45) is 5.92 Å². The van der Waals surface area contributed by atoms with E-state index >= 15 is 0 Å². The van der Waals surface area contributed by atoms with Gasteiger partial charge in [-0.25, -0.2) is 0 Å². The molecular weight excluding hydrogens is 290 g/mol. The zero-order chi connectivity index (χ0) is 16.8. The lowest BCUT2D eigenvalue weighted by atomic mass is 9.86. The second-order valence-electron chi connectivity index (χ2n) is 7.03. The minimum Gasteiger partial charge on any atom is -0.491 e. The second-order valence-corrected chi connectivity index (χ2v) is 7.03. The quantitative estimate of drug-likeness (QED) is 0.810. The Hall–Kier alpha value is -1.10. The zero-order valence-electron chi connectivity index (χ0n) is 14.7. The van der Waals surface area contributed by atoms with Gasteiger partial charge in [0.2, 0.25) is 0 Å². The first-order valence-electron chi connectivity index (χ1n) is 8.68. The molecule has 0 spiro atoms. The molecular formula is C19H31NO3. The summed E-state index contributed by atoms with van der Waals surface area (Å²) in [4.78, 5) is 2.24. The van der Waals surface area contributed by atoms with Gasteiger partial charge < -0.3 is 19.8 Å². The van der Waals surface area contributed by atoms with Crippen LogP contribution in [-0.4, -0.2) is 54.1 Å². The second kappa shape index (κ2) is 8.67. The molecule has 1 aromatic rings. The summed E-state index contributed by atoms with van der Waals surface area (Å²) in [5.74, 6) is 1.33. The van der Waals surface area contributed by atoms with Crippen LogP contribution < -0.4 is 4.74 Å². The standard InChI is InChI=1S/C19H31NO3/c1-14-4-5-15(2)19(10-14)23-13-18(22)11-20(3)17-8-6-16(12-21)7-9-17/h4-5,10,16-18,21-22H,6-9,11-13H2,1-3H3.